The van der Waals surface area contributed by atoms with E-state index in [9.17, 15) is 0 Å². The summed E-state index contributed by atoms with van der Waals surface area (Å²) < 4.78 is 0. The molecule has 0 N–H and O–H groups in total. The highest BCUT2D eigenvalue weighted by molar-refractivity contribution is 6.01. The SMILES string of the molecule is c1ccc(-c2cncc(C3=NOCC3)c2)cc1. The molecule has 0 spiro atoms. The number of hydrogen-bond acceptors (Lipinski definition) is 3. The number of benzene rings is 1. The van der Waals surface area contributed by atoms with Crippen LogP contribution in [-0.2, 0) is 4.84 Å². The number of aromatic nitrogens is 1. The van der Waals surface area contributed by atoms with Crippen LogP contribution in [0.1, 0.15) is 12.0 Å². The van der Waals surface area contributed by atoms with Crippen LogP contribution in [0.4, 0.5) is 0 Å². The molecule has 1 aromatic heterocycles. The van der Waals surface area contributed by atoms with Gasteiger partial charge < -0.3 is 4.84 Å². The Morgan fingerprint density at radius 1 is 0.941 bits per heavy atom. The van der Waals surface area contributed by atoms with Gasteiger partial charge in [-0.1, -0.05) is 35.5 Å². The van der Waals surface area contributed by atoms with Gasteiger partial charge in [0.15, 0.2) is 0 Å². The minimum absolute atomic E-state index is 0.672. The van der Waals surface area contributed by atoms with Crippen molar-refractivity contribution in [2.75, 3.05) is 6.61 Å². The summed E-state index contributed by atoms with van der Waals surface area (Å²) in [7, 11) is 0. The van der Waals surface area contributed by atoms with Crippen LogP contribution in [0.2, 0.25) is 0 Å². The molecular weight excluding hydrogens is 212 g/mol. The predicted molar refractivity (Wildman–Crippen MR) is 66.8 cm³/mol. The first-order chi connectivity index (χ1) is 8.43. The Morgan fingerprint density at radius 3 is 2.53 bits per heavy atom. The second kappa shape index (κ2) is 4.37. The van der Waals surface area contributed by atoms with Crippen LogP contribution in [0.5, 0.6) is 0 Å². The Hall–Kier alpha value is -2.16. The second-order valence-corrected chi connectivity index (χ2v) is 3.95. The van der Waals surface area contributed by atoms with Gasteiger partial charge in [-0.25, -0.2) is 0 Å². The van der Waals surface area contributed by atoms with Gasteiger partial charge in [-0.3, -0.25) is 4.98 Å². The average molecular weight is 224 g/mol. The van der Waals surface area contributed by atoms with E-state index in [4.69, 9.17) is 4.84 Å². The fourth-order valence-corrected chi connectivity index (χ4v) is 1.89. The maximum absolute atomic E-state index is 5.02. The van der Waals surface area contributed by atoms with E-state index >= 15 is 0 Å². The Labute approximate surface area is 99.8 Å². The van der Waals surface area contributed by atoms with E-state index in [0.717, 1.165) is 23.3 Å². The molecule has 3 nitrogen and oxygen atoms in total. The van der Waals surface area contributed by atoms with Crippen molar-refractivity contribution in [3.63, 3.8) is 0 Å². The third-order valence-corrected chi connectivity index (χ3v) is 2.78. The van der Waals surface area contributed by atoms with Crippen molar-refractivity contribution in [3.8, 4) is 11.1 Å². The van der Waals surface area contributed by atoms with E-state index in [2.05, 4.69) is 28.3 Å². The van der Waals surface area contributed by atoms with Crippen LogP contribution >= 0.6 is 0 Å². The zero-order chi connectivity index (χ0) is 11.5. The number of nitrogens with zero attached hydrogens (tertiary/aromatic N) is 2. The Bertz CT molecular complexity index is 549. The lowest BCUT2D eigenvalue weighted by atomic mass is 10.0. The fraction of sp³-hybridized carbons (Fsp3) is 0.143. The van der Waals surface area contributed by atoms with E-state index in [1.54, 1.807) is 0 Å². The standard InChI is InChI=1S/C14H12N2O/c1-2-4-11(5-3-1)12-8-13(10-15-9-12)14-6-7-17-16-14/h1-5,8-10H,6-7H2. The molecule has 0 fully saturated rings. The first-order valence-corrected chi connectivity index (χ1v) is 5.63. The van der Waals surface area contributed by atoms with Crippen molar-refractivity contribution in [1.29, 1.82) is 0 Å². The summed E-state index contributed by atoms with van der Waals surface area (Å²) in [6.07, 6.45) is 4.56. The monoisotopic (exact) mass is 224 g/mol. The molecule has 1 aliphatic rings. The largest absolute Gasteiger partial charge is 0.395 e. The molecule has 0 bridgehead atoms. The maximum Gasteiger partial charge on any atom is 0.122 e. The topological polar surface area (TPSA) is 34.5 Å². The van der Waals surface area contributed by atoms with Crippen molar-refractivity contribution in [1.82, 2.24) is 4.98 Å². The molecule has 2 aromatic rings. The fourth-order valence-electron chi connectivity index (χ4n) is 1.89. The highest BCUT2D eigenvalue weighted by Crippen LogP contribution is 2.20. The lowest BCUT2D eigenvalue weighted by Crippen LogP contribution is -1.98. The van der Waals surface area contributed by atoms with Crippen molar-refractivity contribution in [3.05, 3.63) is 54.4 Å². The van der Waals surface area contributed by atoms with E-state index in [-0.39, 0.29) is 0 Å². The minimum atomic E-state index is 0.672. The zero-order valence-electron chi connectivity index (χ0n) is 9.34. The van der Waals surface area contributed by atoms with Crippen molar-refractivity contribution < 1.29 is 4.84 Å². The second-order valence-electron chi connectivity index (χ2n) is 3.95. The molecule has 2 heterocycles. The average Bonchev–Trinajstić information content (AvgIpc) is 2.94. The van der Waals surface area contributed by atoms with Gasteiger partial charge in [0.05, 0.1) is 5.71 Å². The van der Waals surface area contributed by atoms with E-state index in [0.29, 0.717) is 6.61 Å². The Kier molecular flexibility index (Phi) is 2.58. The van der Waals surface area contributed by atoms with Crippen molar-refractivity contribution in [2.45, 2.75) is 6.42 Å². The van der Waals surface area contributed by atoms with Gasteiger partial charge in [-0.15, -0.1) is 0 Å². The quantitative estimate of drug-likeness (QED) is 0.786. The summed E-state index contributed by atoms with van der Waals surface area (Å²) in [4.78, 5) is 9.29. The van der Waals surface area contributed by atoms with Crippen LogP contribution in [-0.4, -0.2) is 17.3 Å². The van der Waals surface area contributed by atoms with Gasteiger partial charge in [-0.2, -0.15) is 0 Å². The van der Waals surface area contributed by atoms with Crippen molar-refractivity contribution >= 4 is 5.71 Å². The summed E-state index contributed by atoms with van der Waals surface area (Å²) in [6.45, 7) is 0.672. The summed E-state index contributed by atoms with van der Waals surface area (Å²) >= 11 is 0. The zero-order valence-corrected chi connectivity index (χ0v) is 9.34. The maximum atomic E-state index is 5.02. The normalized spacial score (nSPS) is 14.2. The van der Waals surface area contributed by atoms with E-state index < -0.39 is 0 Å². The third kappa shape index (κ3) is 2.04. The van der Waals surface area contributed by atoms with Gasteiger partial charge in [0, 0.05) is 29.9 Å². The van der Waals surface area contributed by atoms with Gasteiger partial charge >= 0.3 is 0 Å². The summed E-state index contributed by atoms with van der Waals surface area (Å²) in [5.74, 6) is 0. The molecule has 0 aliphatic carbocycles. The predicted octanol–water partition coefficient (Wildman–Crippen LogP) is 2.87. The highest BCUT2D eigenvalue weighted by atomic mass is 16.6. The molecule has 0 atom stereocenters. The van der Waals surface area contributed by atoms with E-state index in [1.807, 2.05) is 30.6 Å². The van der Waals surface area contributed by atoms with Crippen LogP contribution in [0, 0.1) is 0 Å². The smallest absolute Gasteiger partial charge is 0.122 e. The van der Waals surface area contributed by atoms with Gasteiger partial charge in [0.1, 0.15) is 6.61 Å². The first kappa shape index (κ1) is 10.0. The number of oxime groups is 1. The number of rotatable bonds is 2. The summed E-state index contributed by atoms with van der Waals surface area (Å²) in [5.41, 5.74) is 4.30. The molecule has 0 saturated carbocycles. The molecule has 0 unspecified atom stereocenters. The molecule has 0 amide bonds. The molecule has 1 aliphatic heterocycles. The Morgan fingerprint density at radius 2 is 1.76 bits per heavy atom. The van der Waals surface area contributed by atoms with Crippen LogP contribution in [0.25, 0.3) is 11.1 Å². The van der Waals surface area contributed by atoms with Gasteiger partial charge in [-0.05, 0) is 11.6 Å². The van der Waals surface area contributed by atoms with Gasteiger partial charge in [0.2, 0.25) is 0 Å². The lowest BCUT2D eigenvalue weighted by Gasteiger charge is -2.03. The van der Waals surface area contributed by atoms with Crippen LogP contribution in [0.15, 0.2) is 53.9 Å². The minimum Gasteiger partial charge on any atom is -0.395 e. The molecule has 1 aromatic carbocycles. The molecule has 0 saturated heterocycles. The molecule has 3 heteroatoms. The summed E-state index contributed by atoms with van der Waals surface area (Å²) in [6, 6.07) is 12.3. The molecule has 17 heavy (non-hydrogen) atoms. The van der Waals surface area contributed by atoms with E-state index in [1.165, 1.54) is 5.56 Å². The Balaban J connectivity index is 2.00. The molecule has 84 valence electrons. The molecule has 0 radical (unpaired) electrons. The molecule has 3 rings (SSSR count). The highest BCUT2D eigenvalue weighted by Gasteiger charge is 2.11. The summed E-state index contributed by atoms with van der Waals surface area (Å²) in [5, 5.41) is 4.02. The number of pyridine rings is 1. The van der Waals surface area contributed by atoms with Gasteiger partial charge in [0.25, 0.3) is 0 Å². The van der Waals surface area contributed by atoms with Crippen molar-refractivity contribution in [2.24, 2.45) is 5.16 Å². The lowest BCUT2D eigenvalue weighted by molar-refractivity contribution is 0.174. The third-order valence-electron chi connectivity index (χ3n) is 2.78. The number of hydrogen-bond donors (Lipinski definition) is 0. The van der Waals surface area contributed by atoms with Crippen LogP contribution in [0.3, 0.4) is 0 Å². The van der Waals surface area contributed by atoms with Crippen LogP contribution < -0.4 is 0 Å². The molecular formula is C14H12N2O. The first-order valence-electron chi connectivity index (χ1n) is 5.63.